The van der Waals surface area contributed by atoms with Crippen LogP contribution in [-0.2, 0) is 17.8 Å². The Bertz CT molecular complexity index is 1340. The van der Waals surface area contributed by atoms with Crippen LogP contribution in [0.5, 0.6) is 0 Å². The molecule has 156 valence electrons. The molecule has 1 N–H and O–H groups in total. The van der Waals surface area contributed by atoms with Crippen molar-refractivity contribution in [3.63, 3.8) is 0 Å². The Balaban J connectivity index is 1.69. The van der Waals surface area contributed by atoms with Crippen molar-refractivity contribution in [2.45, 2.75) is 19.9 Å². The minimum atomic E-state index is -0.444. The molecule has 0 bridgehead atoms. The summed E-state index contributed by atoms with van der Waals surface area (Å²) in [7, 11) is 0. The van der Waals surface area contributed by atoms with Gasteiger partial charge in [0.1, 0.15) is 11.6 Å². The maximum absolute atomic E-state index is 14.3. The lowest BCUT2D eigenvalue weighted by Crippen LogP contribution is -2.27. The monoisotopic (exact) mass is 480 g/mol. The number of rotatable bonds is 5. The van der Waals surface area contributed by atoms with Gasteiger partial charge in [0, 0.05) is 21.6 Å². The van der Waals surface area contributed by atoms with E-state index in [4.69, 9.17) is 0 Å². The molecule has 1 amide bonds. The number of nitrogens with zero attached hydrogens (tertiary/aromatic N) is 3. The summed E-state index contributed by atoms with van der Waals surface area (Å²) in [6.07, 6.45) is 1.61. The predicted octanol–water partition coefficient (Wildman–Crippen LogP) is 4.23. The molecule has 2 heterocycles. The highest BCUT2D eigenvalue weighted by Gasteiger charge is 2.15. The number of carbonyl (C=O) groups is 1. The molecule has 0 aliphatic heterocycles. The van der Waals surface area contributed by atoms with Crippen LogP contribution in [0.2, 0.25) is 0 Å². The zero-order valence-electron chi connectivity index (χ0n) is 16.6. The predicted molar refractivity (Wildman–Crippen MR) is 121 cm³/mol. The molecule has 4 aromatic rings. The van der Waals surface area contributed by atoms with Gasteiger partial charge in [-0.1, -0.05) is 46.3 Å². The van der Waals surface area contributed by atoms with Crippen LogP contribution >= 0.6 is 15.9 Å². The first-order valence-electron chi connectivity index (χ1n) is 9.56. The van der Waals surface area contributed by atoms with Gasteiger partial charge in [0.25, 0.3) is 5.56 Å². The van der Waals surface area contributed by atoms with Crippen molar-refractivity contribution in [2.75, 3.05) is 5.32 Å². The Kier molecular flexibility index (Phi) is 5.90. The fraction of sp³-hybridized carbons (Fsp3) is 0.130. The Morgan fingerprint density at radius 1 is 1.13 bits per heavy atom. The molecular weight excluding hydrogens is 463 g/mol. The number of fused-ring (bicyclic) bond motifs is 1. The zero-order valence-corrected chi connectivity index (χ0v) is 18.2. The van der Waals surface area contributed by atoms with Crippen molar-refractivity contribution in [3.05, 3.63) is 98.3 Å². The van der Waals surface area contributed by atoms with Gasteiger partial charge in [-0.2, -0.15) is 5.10 Å². The van der Waals surface area contributed by atoms with Crippen LogP contribution in [0, 0.1) is 12.7 Å². The highest BCUT2D eigenvalue weighted by molar-refractivity contribution is 9.10. The molecule has 0 atom stereocenters. The van der Waals surface area contributed by atoms with Gasteiger partial charge >= 0.3 is 0 Å². The average Bonchev–Trinajstić information content (AvgIpc) is 2.75. The van der Waals surface area contributed by atoms with Gasteiger partial charge < -0.3 is 5.32 Å². The topological polar surface area (TPSA) is 76.9 Å². The highest BCUT2D eigenvalue weighted by atomic mass is 79.9. The van der Waals surface area contributed by atoms with E-state index in [0.29, 0.717) is 32.3 Å². The van der Waals surface area contributed by atoms with Crippen molar-refractivity contribution in [3.8, 4) is 0 Å². The minimum Gasteiger partial charge on any atom is -0.310 e. The first-order valence-corrected chi connectivity index (χ1v) is 10.3. The summed E-state index contributed by atoms with van der Waals surface area (Å²) in [5.41, 5.74) is 1.39. The molecule has 0 saturated heterocycles. The van der Waals surface area contributed by atoms with E-state index in [-0.39, 0.29) is 24.4 Å². The number of anilines is 1. The third-order valence-corrected chi connectivity index (χ3v) is 5.28. The van der Waals surface area contributed by atoms with Crippen LogP contribution in [0.3, 0.4) is 0 Å². The van der Waals surface area contributed by atoms with Gasteiger partial charge in [0.2, 0.25) is 5.91 Å². The number of hydrogen-bond donors (Lipinski definition) is 1. The lowest BCUT2D eigenvalue weighted by Gasteiger charge is -2.12. The van der Waals surface area contributed by atoms with E-state index in [1.54, 1.807) is 48.7 Å². The van der Waals surface area contributed by atoms with Crippen LogP contribution in [0.1, 0.15) is 16.8 Å². The van der Waals surface area contributed by atoms with Gasteiger partial charge in [-0.25, -0.2) is 14.1 Å². The number of halogens is 2. The van der Waals surface area contributed by atoms with E-state index in [9.17, 15) is 14.0 Å². The van der Waals surface area contributed by atoms with Crippen LogP contribution in [-0.4, -0.2) is 20.7 Å². The third kappa shape index (κ3) is 4.69. The Hall–Kier alpha value is -3.39. The van der Waals surface area contributed by atoms with E-state index in [0.717, 1.165) is 5.56 Å². The molecule has 4 rings (SSSR count). The number of aromatic nitrogens is 3. The van der Waals surface area contributed by atoms with Gasteiger partial charge in [0.05, 0.1) is 24.0 Å². The van der Waals surface area contributed by atoms with Crippen molar-refractivity contribution < 1.29 is 9.18 Å². The van der Waals surface area contributed by atoms with E-state index in [2.05, 4.69) is 31.3 Å². The molecule has 0 aliphatic rings. The molecule has 0 radical (unpaired) electrons. The first-order chi connectivity index (χ1) is 14.9. The maximum Gasteiger partial charge on any atom is 0.274 e. The second kappa shape index (κ2) is 8.77. The SMILES string of the molecule is Cc1ccc(NC(=O)Cc2nn(Cc3ccc(Br)cc3F)c(=O)c3ccccc23)nc1. The molecule has 2 aromatic carbocycles. The summed E-state index contributed by atoms with van der Waals surface area (Å²) in [5, 5.41) is 8.15. The van der Waals surface area contributed by atoms with Crippen LogP contribution in [0.15, 0.2) is 70.1 Å². The van der Waals surface area contributed by atoms with Gasteiger partial charge in [0.15, 0.2) is 0 Å². The van der Waals surface area contributed by atoms with Crippen molar-refractivity contribution >= 4 is 38.4 Å². The molecule has 2 aromatic heterocycles. The Labute approximate surface area is 185 Å². The summed E-state index contributed by atoms with van der Waals surface area (Å²) in [6, 6.07) is 15.2. The Morgan fingerprint density at radius 2 is 1.90 bits per heavy atom. The number of benzene rings is 2. The lowest BCUT2D eigenvalue weighted by molar-refractivity contribution is -0.115. The second-order valence-corrected chi connectivity index (χ2v) is 8.05. The van der Waals surface area contributed by atoms with E-state index in [1.165, 1.54) is 10.7 Å². The summed E-state index contributed by atoms with van der Waals surface area (Å²) in [5.74, 6) is -0.319. The average molecular weight is 481 g/mol. The molecule has 31 heavy (non-hydrogen) atoms. The molecule has 0 saturated carbocycles. The largest absolute Gasteiger partial charge is 0.310 e. The first kappa shape index (κ1) is 20.9. The maximum atomic E-state index is 14.3. The number of pyridine rings is 1. The van der Waals surface area contributed by atoms with Crippen LogP contribution in [0.25, 0.3) is 10.8 Å². The van der Waals surface area contributed by atoms with E-state index >= 15 is 0 Å². The lowest BCUT2D eigenvalue weighted by atomic mass is 10.1. The van der Waals surface area contributed by atoms with Gasteiger partial charge in [-0.05, 0) is 36.8 Å². The molecule has 8 heteroatoms. The fourth-order valence-corrected chi connectivity index (χ4v) is 3.57. The number of aryl methyl sites for hydroxylation is 1. The van der Waals surface area contributed by atoms with Crippen molar-refractivity contribution in [1.29, 1.82) is 0 Å². The normalized spacial score (nSPS) is 10.9. The van der Waals surface area contributed by atoms with Crippen molar-refractivity contribution in [2.24, 2.45) is 0 Å². The number of nitrogens with one attached hydrogen (secondary N) is 1. The van der Waals surface area contributed by atoms with Crippen LogP contribution in [0.4, 0.5) is 10.2 Å². The summed E-state index contributed by atoms with van der Waals surface area (Å²) in [6.45, 7) is 1.86. The molecule has 0 spiro atoms. The molecule has 0 fully saturated rings. The van der Waals surface area contributed by atoms with E-state index in [1.807, 2.05) is 13.0 Å². The third-order valence-electron chi connectivity index (χ3n) is 4.79. The molecule has 0 aliphatic carbocycles. The van der Waals surface area contributed by atoms with Gasteiger partial charge in [-0.3, -0.25) is 9.59 Å². The fourth-order valence-electron chi connectivity index (χ4n) is 3.24. The number of carbonyl (C=O) groups excluding carboxylic acids is 1. The molecule has 6 nitrogen and oxygen atoms in total. The summed E-state index contributed by atoms with van der Waals surface area (Å²) in [4.78, 5) is 29.7. The zero-order chi connectivity index (χ0) is 22.0. The second-order valence-electron chi connectivity index (χ2n) is 7.14. The number of hydrogen-bond acceptors (Lipinski definition) is 4. The Morgan fingerprint density at radius 3 is 2.61 bits per heavy atom. The minimum absolute atomic E-state index is 0.0447. The standard InChI is InChI=1S/C23H18BrFN4O2/c1-14-6-9-21(26-12-14)27-22(30)11-20-17-4-2-3-5-18(17)23(31)29(28-20)13-15-7-8-16(24)10-19(15)25/h2-10,12H,11,13H2,1H3,(H,26,27,30). The van der Waals surface area contributed by atoms with Crippen LogP contribution < -0.4 is 10.9 Å². The van der Waals surface area contributed by atoms with Gasteiger partial charge in [-0.15, -0.1) is 0 Å². The van der Waals surface area contributed by atoms with Crippen molar-refractivity contribution in [1.82, 2.24) is 14.8 Å². The smallest absolute Gasteiger partial charge is 0.274 e. The molecular formula is C23H18BrFN4O2. The highest BCUT2D eigenvalue weighted by Crippen LogP contribution is 2.18. The number of amides is 1. The van der Waals surface area contributed by atoms with E-state index < -0.39 is 5.82 Å². The quantitative estimate of drug-likeness (QED) is 0.463. The molecule has 0 unspecified atom stereocenters. The summed E-state index contributed by atoms with van der Waals surface area (Å²) >= 11 is 3.22. The summed E-state index contributed by atoms with van der Waals surface area (Å²) < 4.78 is 16.1.